The molecular formula is C13H17BrN2O3. The number of carbonyl (C=O) groups excluding carboxylic acids is 1. The zero-order valence-electron chi connectivity index (χ0n) is 10.8. The number of likely N-dealkylation sites (tertiary alicyclic amines) is 1. The molecule has 1 aromatic heterocycles. The Hall–Kier alpha value is -1.14. The molecule has 1 amide bonds. The third kappa shape index (κ3) is 3.67. The molecule has 1 aliphatic rings. The number of hydrogen-bond donors (Lipinski definition) is 1. The molecule has 0 bridgehead atoms. The molecular weight excluding hydrogens is 312 g/mol. The van der Waals surface area contributed by atoms with Gasteiger partial charge in [0.15, 0.2) is 0 Å². The van der Waals surface area contributed by atoms with E-state index in [1.807, 2.05) is 0 Å². The van der Waals surface area contributed by atoms with Gasteiger partial charge in [0, 0.05) is 29.8 Å². The lowest BCUT2D eigenvalue weighted by Crippen LogP contribution is -2.46. The van der Waals surface area contributed by atoms with Gasteiger partial charge in [-0.25, -0.2) is 0 Å². The van der Waals surface area contributed by atoms with Gasteiger partial charge in [0.1, 0.15) is 6.54 Å². The zero-order chi connectivity index (χ0) is 14.0. The number of aliphatic hydroxyl groups is 1. The predicted molar refractivity (Wildman–Crippen MR) is 74.8 cm³/mol. The maximum absolute atomic E-state index is 12.1. The number of aromatic nitrogens is 1. The first kappa shape index (κ1) is 14.3. The SMILES string of the molecule is CC1(O)CCN(C(=O)Cn2cc(Br)ccc2=O)CC1. The van der Waals surface area contributed by atoms with Gasteiger partial charge >= 0.3 is 0 Å². The number of piperidine rings is 1. The lowest BCUT2D eigenvalue weighted by Gasteiger charge is -2.35. The van der Waals surface area contributed by atoms with Crippen molar-refractivity contribution in [2.75, 3.05) is 13.1 Å². The van der Waals surface area contributed by atoms with Crippen LogP contribution in [0.25, 0.3) is 0 Å². The summed E-state index contributed by atoms with van der Waals surface area (Å²) in [6, 6.07) is 3.08. The molecule has 1 saturated heterocycles. The minimum atomic E-state index is -0.677. The van der Waals surface area contributed by atoms with Crippen molar-refractivity contribution in [1.82, 2.24) is 9.47 Å². The molecule has 0 saturated carbocycles. The van der Waals surface area contributed by atoms with Gasteiger partial charge in [-0.05, 0) is 41.8 Å². The minimum absolute atomic E-state index is 0.0421. The average molecular weight is 329 g/mol. The summed E-state index contributed by atoms with van der Waals surface area (Å²) in [4.78, 5) is 25.4. The van der Waals surface area contributed by atoms with Crippen LogP contribution in [0.2, 0.25) is 0 Å². The van der Waals surface area contributed by atoms with E-state index >= 15 is 0 Å². The molecule has 6 heteroatoms. The Morgan fingerprint density at radius 1 is 1.42 bits per heavy atom. The third-order valence-electron chi connectivity index (χ3n) is 3.45. The van der Waals surface area contributed by atoms with E-state index in [0.717, 1.165) is 4.47 Å². The van der Waals surface area contributed by atoms with Crippen LogP contribution in [0.1, 0.15) is 19.8 Å². The van der Waals surface area contributed by atoms with Crippen LogP contribution in [-0.2, 0) is 11.3 Å². The normalized spacial score (nSPS) is 18.4. The highest BCUT2D eigenvalue weighted by Gasteiger charge is 2.29. The Bertz CT molecular complexity index is 529. The summed E-state index contributed by atoms with van der Waals surface area (Å²) in [5.74, 6) is -0.0873. The maximum Gasteiger partial charge on any atom is 0.251 e. The summed E-state index contributed by atoms with van der Waals surface area (Å²) in [7, 11) is 0. The third-order valence-corrected chi connectivity index (χ3v) is 3.92. The second-order valence-corrected chi connectivity index (χ2v) is 6.11. The highest BCUT2D eigenvalue weighted by Crippen LogP contribution is 2.21. The van der Waals surface area contributed by atoms with Crippen molar-refractivity contribution in [3.8, 4) is 0 Å². The molecule has 0 spiro atoms. The van der Waals surface area contributed by atoms with Crippen molar-refractivity contribution in [3.63, 3.8) is 0 Å². The number of halogens is 1. The second kappa shape index (κ2) is 5.46. The smallest absolute Gasteiger partial charge is 0.251 e. The van der Waals surface area contributed by atoms with E-state index in [-0.39, 0.29) is 18.0 Å². The van der Waals surface area contributed by atoms with Crippen LogP contribution in [0.15, 0.2) is 27.6 Å². The van der Waals surface area contributed by atoms with Crippen molar-refractivity contribution in [2.24, 2.45) is 0 Å². The lowest BCUT2D eigenvalue weighted by molar-refractivity contribution is -0.135. The van der Waals surface area contributed by atoms with Crippen molar-refractivity contribution in [1.29, 1.82) is 0 Å². The van der Waals surface area contributed by atoms with Gasteiger partial charge in [0.05, 0.1) is 5.60 Å². The molecule has 2 heterocycles. The topological polar surface area (TPSA) is 62.5 Å². The molecule has 1 aromatic rings. The molecule has 1 aliphatic heterocycles. The van der Waals surface area contributed by atoms with Crippen LogP contribution in [-0.4, -0.2) is 39.2 Å². The zero-order valence-corrected chi connectivity index (χ0v) is 12.4. The largest absolute Gasteiger partial charge is 0.390 e. The summed E-state index contributed by atoms with van der Waals surface area (Å²) in [5, 5.41) is 9.84. The Labute approximate surface area is 120 Å². The molecule has 1 fully saturated rings. The van der Waals surface area contributed by atoms with Gasteiger partial charge in [0.2, 0.25) is 5.91 Å². The fourth-order valence-corrected chi connectivity index (χ4v) is 2.49. The highest BCUT2D eigenvalue weighted by atomic mass is 79.9. The van der Waals surface area contributed by atoms with Gasteiger partial charge in [-0.15, -0.1) is 0 Å². The molecule has 2 rings (SSSR count). The number of rotatable bonds is 2. The fourth-order valence-electron chi connectivity index (χ4n) is 2.11. The van der Waals surface area contributed by atoms with Gasteiger partial charge < -0.3 is 14.6 Å². The van der Waals surface area contributed by atoms with Crippen molar-refractivity contribution >= 4 is 21.8 Å². The van der Waals surface area contributed by atoms with Crippen LogP contribution >= 0.6 is 15.9 Å². The first-order valence-corrected chi connectivity index (χ1v) is 7.03. The minimum Gasteiger partial charge on any atom is -0.390 e. The van der Waals surface area contributed by atoms with Crippen LogP contribution in [0, 0.1) is 0 Å². The number of amides is 1. The average Bonchev–Trinajstić information content (AvgIpc) is 2.33. The summed E-state index contributed by atoms with van der Waals surface area (Å²) in [5.41, 5.74) is -0.871. The number of carbonyl (C=O) groups is 1. The van der Waals surface area contributed by atoms with Crippen molar-refractivity contribution in [2.45, 2.75) is 31.9 Å². The second-order valence-electron chi connectivity index (χ2n) is 5.19. The Morgan fingerprint density at radius 3 is 2.68 bits per heavy atom. The monoisotopic (exact) mass is 328 g/mol. The summed E-state index contributed by atoms with van der Waals surface area (Å²) in [6.07, 6.45) is 2.76. The molecule has 5 nitrogen and oxygen atoms in total. The van der Waals surface area contributed by atoms with Crippen LogP contribution in [0.4, 0.5) is 0 Å². The molecule has 0 aromatic carbocycles. The molecule has 0 unspecified atom stereocenters. The predicted octanol–water partition coefficient (Wildman–Crippen LogP) is 0.984. The van der Waals surface area contributed by atoms with Gasteiger partial charge in [-0.1, -0.05) is 0 Å². The first-order chi connectivity index (χ1) is 8.87. The first-order valence-electron chi connectivity index (χ1n) is 6.23. The van der Waals surface area contributed by atoms with E-state index in [1.54, 1.807) is 24.1 Å². The van der Waals surface area contributed by atoms with Gasteiger partial charge in [-0.3, -0.25) is 9.59 Å². The lowest BCUT2D eigenvalue weighted by atomic mass is 9.94. The fraction of sp³-hybridized carbons (Fsp3) is 0.538. The number of nitrogens with zero attached hydrogens (tertiary/aromatic N) is 2. The van der Waals surface area contributed by atoms with Crippen LogP contribution in [0.3, 0.4) is 0 Å². The van der Waals surface area contributed by atoms with E-state index in [1.165, 1.54) is 10.6 Å². The molecule has 19 heavy (non-hydrogen) atoms. The summed E-state index contributed by atoms with van der Waals surface area (Å²) < 4.78 is 2.15. The van der Waals surface area contributed by atoms with Gasteiger partial charge in [0.25, 0.3) is 5.56 Å². The molecule has 0 atom stereocenters. The van der Waals surface area contributed by atoms with Gasteiger partial charge in [-0.2, -0.15) is 0 Å². The highest BCUT2D eigenvalue weighted by molar-refractivity contribution is 9.10. The van der Waals surface area contributed by atoms with Crippen molar-refractivity contribution in [3.05, 3.63) is 33.2 Å². The molecule has 0 radical (unpaired) electrons. The van der Waals surface area contributed by atoms with E-state index in [9.17, 15) is 14.7 Å². The Morgan fingerprint density at radius 2 is 2.05 bits per heavy atom. The Balaban J connectivity index is 2.02. The standard InChI is InChI=1S/C13H17BrN2O3/c1-13(19)4-6-15(7-5-13)12(18)9-16-8-10(14)2-3-11(16)17/h2-3,8,19H,4-7,9H2,1H3. The number of hydrogen-bond acceptors (Lipinski definition) is 3. The Kier molecular flexibility index (Phi) is 4.10. The van der Waals surface area contributed by atoms with Crippen molar-refractivity contribution < 1.29 is 9.90 Å². The van der Waals surface area contributed by atoms with E-state index < -0.39 is 5.60 Å². The number of pyridine rings is 1. The van der Waals surface area contributed by atoms with Crippen LogP contribution in [0.5, 0.6) is 0 Å². The van der Waals surface area contributed by atoms with E-state index in [2.05, 4.69) is 15.9 Å². The molecule has 1 N–H and O–H groups in total. The molecule has 0 aliphatic carbocycles. The van der Waals surface area contributed by atoms with E-state index in [0.29, 0.717) is 25.9 Å². The summed E-state index contributed by atoms with van der Waals surface area (Å²) in [6.45, 7) is 2.90. The maximum atomic E-state index is 12.1. The quantitative estimate of drug-likeness (QED) is 0.880. The molecule has 104 valence electrons. The van der Waals surface area contributed by atoms with E-state index in [4.69, 9.17) is 0 Å². The van der Waals surface area contributed by atoms with Crippen LogP contribution < -0.4 is 5.56 Å². The summed E-state index contributed by atoms with van der Waals surface area (Å²) >= 11 is 3.28.